The summed E-state index contributed by atoms with van der Waals surface area (Å²) in [5.74, 6) is 1.68. The second-order valence-electron chi connectivity index (χ2n) is 5.55. The minimum absolute atomic E-state index is 0.758. The zero-order valence-electron chi connectivity index (χ0n) is 13.9. The Hall–Kier alpha value is -1.10. The van der Waals surface area contributed by atoms with Crippen LogP contribution in [0.5, 0.6) is 0 Å². The molecule has 0 aliphatic carbocycles. The number of aryl methyl sites for hydroxylation is 1. The van der Waals surface area contributed by atoms with Crippen molar-refractivity contribution >= 4 is 17.3 Å². The van der Waals surface area contributed by atoms with Gasteiger partial charge in [0.1, 0.15) is 0 Å². The molecule has 0 bridgehead atoms. The molecule has 4 nitrogen and oxygen atoms in total. The fraction of sp³-hybridized carbons (Fsp3) is 0.750. The Kier molecular flexibility index (Phi) is 9.06. The van der Waals surface area contributed by atoms with Crippen LogP contribution in [0.3, 0.4) is 0 Å². The molecule has 0 aliphatic heterocycles. The first kappa shape index (κ1) is 18.0. The van der Waals surface area contributed by atoms with E-state index in [2.05, 4.69) is 48.3 Å². The van der Waals surface area contributed by atoms with E-state index < -0.39 is 0 Å². The van der Waals surface area contributed by atoms with Crippen molar-refractivity contribution in [1.29, 1.82) is 0 Å². The molecule has 0 amide bonds. The molecular weight excluding hydrogens is 280 g/mol. The third-order valence-corrected chi connectivity index (χ3v) is 4.34. The van der Waals surface area contributed by atoms with E-state index in [-0.39, 0.29) is 0 Å². The molecule has 1 heterocycles. The molecule has 0 aliphatic rings. The molecule has 2 N–H and O–H groups in total. The zero-order chi connectivity index (χ0) is 15.5. The molecule has 1 aromatic rings. The van der Waals surface area contributed by atoms with E-state index in [1.165, 1.54) is 16.3 Å². The number of thiazole rings is 1. The molecule has 0 unspecified atom stereocenters. The molecule has 21 heavy (non-hydrogen) atoms. The highest BCUT2D eigenvalue weighted by Gasteiger charge is 2.02. The second-order valence-corrected chi connectivity index (χ2v) is 6.75. The second kappa shape index (κ2) is 10.6. The average Bonchev–Trinajstić information content (AvgIpc) is 2.91. The Labute approximate surface area is 133 Å². The number of nitrogens with zero attached hydrogens (tertiary/aromatic N) is 2. The van der Waals surface area contributed by atoms with Crippen LogP contribution in [0.1, 0.15) is 50.4 Å². The van der Waals surface area contributed by atoms with Gasteiger partial charge in [-0.3, -0.25) is 4.99 Å². The van der Waals surface area contributed by atoms with Gasteiger partial charge in [-0.25, -0.2) is 4.98 Å². The highest BCUT2D eigenvalue weighted by atomic mass is 32.1. The van der Waals surface area contributed by atoms with Gasteiger partial charge in [0.25, 0.3) is 0 Å². The molecule has 120 valence electrons. The first-order valence-electron chi connectivity index (χ1n) is 8.11. The van der Waals surface area contributed by atoms with Gasteiger partial charge in [-0.15, -0.1) is 11.3 Å². The minimum atomic E-state index is 0.758. The molecule has 0 radical (unpaired) electrons. The lowest BCUT2D eigenvalue weighted by Gasteiger charge is -2.10. The van der Waals surface area contributed by atoms with Gasteiger partial charge >= 0.3 is 0 Å². The quantitative estimate of drug-likeness (QED) is 0.418. The Morgan fingerprint density at radius 3 is 2.76 bits per heavy atom. The van der Waals surface area contributed by atoms with Crippen molar-refractivity contribution in [3.05, 3.63) is 16.1 Å². The number of guanidine groups is 1. The molecule has 1 rings (SSSR count). The Morgan fingerprint density at radius 2 is 2.14 bits per heavy atom. The first-order chi connectivity index (χ1) is 10.2. The van der Waals surface area contributed by atoms with Gasteiger partial charge in [-0.2, -0.15) is 0 Å². The van der Waals surface area contributed by atoms with Crippen molar-refractivity contribution in [2.24, 2.45) is 10.9 Å². The highest BCUT2D eigenvalue weighted by molar-refractivity contribution is 7.11. The van der Waals surface area contributed by atoms with Gasteiger partial charge in [0.15, 0.2) is 5.96 Å². The predicted molar refractivity (Wildman–Crippen MR) is 93.2 cm³/mol. The highest BCUT2D eigenvalue weighted by Crippen LogP contribution is 2.13. The lowest BCUT2D eigenvalue weighted by atomic mass is 10.1. The molecule has 1 aromatic heterocycles. The average molecular weight is 311 g/mol. The van der Waals surface area contributed by atoms with Crippen molar-refractivity contribution in [2.75, 3.05) is 19.6 Å². The Bertz CT molecular complexity index is 412. The van der Waals surface area contributed by atoms with E-state index in [0.717, 1.165) is 50.8 Å². The van der Waals surface area contributed by atoms with E-state index in [1.807, 2.05) is 17.5 Å². The minimum Gasteiger partial charge on any atom is -0.357 e. The van der Waals surface area contributed by atoms with Crippen LogP contribution >= 0.6 is 11.3 Å². The lowest BCUT2D eigenvalue weighted by Crippen LogP contribution is -2.38. The molecule has 0 spiro atoms. The van der Waals surface area contributed by atoms with Gasteiger partial charge in [-0.1, -0.05) is 20.8 Å². The maximum absolute atomic E-state index is 4.62. The molecule has 0 saturated carbocycles. The summed E-state index contributed by atoms with van der Waals surface area (Å²) in [6.07, 6.45) is 6.42. The zero-order valence-corrected chi connectivity index (χ0v) is 14.7. The van der Waals surface area contributed by atoms with E-state index >= 15 is 0 Å². The van der Waals surface area contributed by atoms with Crippen molar-refractivity contribution in [3.63, 3.8) is 0 Å². The smallest absolute Gasteiger partial charge is 0.191 e. The summed E-state index contributed by atoms with van der Waals surface area (Å²) in [4.78, 5) is 10.4. The molecule has 0 aromatic carbocycles. The van der Waals surface area contributed by atoms with Gasteiger partial charge < -0.3 is 10.6 Å². The summed E-state index contributed by atoms with van der Waals surface area (Å²) in [6.45, 7) is 11.4. The fourth-order valence-corrected chi connectivity index (χ4v) is 2.81. The van der Waals surface area contributed by atoms with Crippen LogP contribution in [-0.4, -0.2) is 30.6 Å². The van der Waals surface area contributed by atoms with Crippen LogP contribution in [0.15, 0.2) is 11.2 Å². The van der Waals surface area contributed by atoms with E-state index in [1.54, 1.807) is 0 Å². The fourth-order valence-electron chi connectivity index (χ4n) is 1.95. The summed E-state index contributed by atoms with van der Waals surface area (Å²) in [5.41, 5.74) is 0. The van der Waals surface area contributed by atoms with Crippen LogP contribution in [0.25, 0.3) is 0 Å². The number of aromatic nitrogens is 1. The Morgan fingerprint density at radius 1 is 1.33 bits per heavy atom. The number of hydrogen-bond acceptors (Lipinski definition) is 3. The third-order valence-electron chi connectivity index (χ3n) is 3.13. The summed E-state index contributed by atoms with van der Waals surface area (Å²) < 4.78 is 0. The van der Waals surface area contributed by atoms with Crippen molar-refractivity contribution < 1.29 is 0 Å². The van der Waals surface area contributed by atoms with Crippen LogP contribution in [-0.2, 0) is 12.8 Å². The normalized spacial score (nSPS) is 12.0. The van der Waals surface area contributed by atoms with Crippen LogP contribution in [0.4, 0.5) is 0 Å². The number of nitrogens with one attached hydrogen (secondary N) is 2. The summed E-state index contributed by atoms with van der Waals surface area (Å²) >= 11 is 1.81. The summed E-state index contributed by atoms with van der Waals surface area (Å²) in [5, 5.41) is 7.89. The number of hydrogen-bond donors (Lipinski definition) is 2. The monoisotopic (exact) mass is 310 g/mol. The van der Waals surface area contributed by atoms with E-state index in [4.69, 9.17) is 0 Å². The topological polar surface area (TPSA) is 49.3 Å². The van der Waals surface area contributed by atoms with E-state index in [9.17, 15) is 0 Å². The summed E-state index contributed by atoms with van der Waals surface area (Å²) in [7, 11) is 0. The molecule has 0 atom stereocenters. The van der Waals surface area contributed by atoms with Gasteiger partial charge in [-0.05, 0) is 32.1 Å². The van der Waals surface area contributed by atoms with E-state index in [0.29, 0.717) is 0 Å². The van der Waals surface area contributed by atoms with Crippen molar-refractivity contribution in [3.8, 4) is 0 Å². The van der Waals surface area contributed by atoms with Gasteiger partial charge in [0.2, 0.25) is 0 Å². The lowest BCUT2D eigenvalue weighted by molar-refractivity contribution is 0.560. The molecule has 5 heteroatoms. The maximum Gasteiger partial charge on any atom is 0.191 e. The molecule has 0 saturated heterocycles. The third kappa shape index (κ3) is 8.05. The van der Waals surface area contributed by atoms with Crippen LogP contribution in [0.2, 0.25) is 0 Å². The predicted octanol–water partition coefficient (Wildman–Crippen LogP) is 3.24. The SMILES string of the molecule is CCNC(=NCCCC(C)C)NCCc1ncc(CC)s1. The summed E-state index contributed by atoms with van der Waals surface area (Å²) in [6, 6.07) is 0. The van der Waals surface area contributed by atoms with Crippen LogP contribution in [0, 0.1) is 5.92 Å². The Balaban J connectivity index is 2.30. The van der Waals surface area contributed by atoms with Crippen LogP contribution < -0.4 is 10.6 Å². The first-order valence-corrected chi connectivity index (χ1v) is 8.93. The molecule has 0 fully saturated rings. The number of aliphatic imine (C=N–C) groups is 1. The number of rotatable bonds is 9. The van der Waals surface area contributed by atoms with Gasteiger partial charge in [0, 0.05) is 37.1 Å². The van der Waals surface area contributed by atoms with Crippen molar-refractivity contribution in [2.45, 2.75) is 53.4 Å². The largest absolute Gasteiger partial charge is 0.357 e. The van der Waals surface area contributed by atoms with Crippen molar-refractivity contribution in [1.82, 2.24) is 15.6 Å². The molecular formula is C16H30N4S. The van der Waals surface area contributed by atoms with Gasteiger partial charge in [0.05, 0.1) is 5.01 Å². The maximum atomic E-state index is 4.62. The standard InChI is InChI=1S/C16H30N4S/c1-5-14-12-20-15(21-14)9-11-19-16(17-6-2)18-10-7-8-13(3)4/h12-13H,5-11H2,1-4H3,(H2,17,18,19).